The molecule has 3 aromatic rings. The third kappa shape index (κ3) is 3.12. The molecule has 0 saturated heterocycles. The van der Waals surface area contributed by atoms with Crippen molar-refractivity contribution in [3.8, 4) is 11.5 Å². The standard InChI is InChI=1S/C21H24N2O3/c1-12(2)14-8-6-7-13(3)20(14)23-21(24)16-11-22-17-10-19(26-5)18(25-4)9-15(16)17/h6-12,22H,1-5H3,(H,23,24). The molecule has 0 radical (unpaired) electrons. The summed E-state index contributed by atoms with van der Waals surface area (Å²) in [6, 6.07) is 9.73. The number of rotatable bonds is 5. The van der Waals surface area contributed by atoms with Gasteiger partial charge >= 0.3 is 0 Å². The Labute approximate surface area is 153 Å². The summed E-state index contributed by atoms with van der Waals surface area (Å²) < 4.78 is 10.7. The molecule has 0 atom stereocenters. The van der Waals surface area contributed by atoms with Crippen LogP contribution in [0.4, 0.5) is 5.69 Å². The number of benzene rings is 2. The van der Waals surface area contributed by atoms with E-state index < -0.39 is 0 Å². The predicted molar refractivity (Wildman–Crippen MR) is 105 cm³/mol. The van der Waals surface area contributed by atoms with E-state index in [1.165, 1.54) is 0 Å². The molecule has 0 aliphatic heterocycles. The van der Waals surface area contributed by atoms with Crippen LogP contribution in [0, 0.1) is 6.92 Å². The van der Waals surface area contributed by atoms with Gasteiger partial charge in [-0.15, -0.1) is 0 Å². The molecule has 0 saturated carbocycles. The molecule has 0 unspecified atom stereocenters. The van der Waals surface area contributed by atoms with Gasteiger partial charge in [0.15, 0.2) is 11.5 Å². The Kier molecular flexibility index (Phi) is 4.89. The van der Waals surface area contributed by atoms with Gasteiger partial charge in [0.25, 0.3) is 5.91 Å². The van der Waals surface area contributed by atoms with Crippen molar-refractivity contribution in [1.29, 1.82) is 0 Å². The van der Waals surface area contributed by atoms with E-state index in [2.05, 4.69) is 30.2 Å². The summed E-state index contributed by atoms with van der Waals surface area (Å²) in [4.78, 5) is 16.1. The largest absolute Gasteiger partial charge is 0.493 e. The van der Waals surface area contributed by atoms with E-state index in [4.69, 9.17) is 9.47 Å². The van der Waals surface area contributed by atoms with Crippen LogP contribution in [0.5, 0.6) is 11.5 Å². The number of aryl methyl sites for hydroxylation is 1. The Morgan fingerprint density at radius 2 is 1.81 bits per heavy atom. The summed E-state index contributed by atoms with van der Waals surface area (Å²) >= 11 is 0. The highest BCUT2D eigenvalue weighted by Crippen LogP contribution is 2.34. The van der Waals surface area contributed by atoms with Crippen LogP contribution >= 0.6 is 0 Å². The summed E-state index contributed by atoms with van der Waals surface area (Å²) in [5.41, 5.74) is 4.43. The molecule has 0 fully saturated rings. The molecule has 5 nitrogen and oxygen atoms in total. The second-order valence-electron chi connectivity index (χ2n) is 6.60. The number of ether oxygens (including phenoxy) is 2. The Balaban J connectivity index is 2.02. The Morgan fingerprint density at radius 3 is 2.46 bits per heavy atom. The number of H-pyrrole nitrogens is 1. The summed E-state index contributed by atoms with van der Waals surface area (Å²) in [5, 5.41) is 3.88. The van der Waals surface area contributed by atoms with E-state index in [-0.39, 0.29) is 5.91 Å². The lowest BCUT2D eigenvalue weighted by atomic mass is 9.98. The maximum Gasteiger partial charge on any atom is 0.257 e. The van der Waals surface area contributed by atoms with Crippen molar-refractivity contribution in [3.63, 3.8) is 0 Å². The third-order valence-electron chi connectivity index (χ3n) is 4.60. The predicted octanol–water partition coefficient (Wildman–Crippen LogP) is 4.87. The highest BCUT2D eigenvalue weighted by atomic mass is 16.5. The maximum atomic E-state index is 13.0. The molecule has 0 aliphatic rings. The number of nitrogens with one attached hydrogen (secondary N) is 2. The van der Waals surface area contributed by atoms with Crippen molar-refractivity contribution in [2.45, 2.75) is 26.7 Å². The Bertz CT molecular complexity index is 957. The molecule has 0 aliphatic carbocycles. The molecule has 2 N–H and O–H groups in total. The fraction of sp³-hybridized carbons (Fsp3) is 0.286. The van der Waals surface area contributed by atoms with Crippen molar-refractivity contribution < 1.29 is 14.3 Å². The molecule has 0 bridgehead atoms. The number of aromatic amines is 1. The van der Waals surface area contributed by atoms with Crippen molar-refractivity contribution in [2.75, 3.05) is 19.5 Å². The molecule has 26 heavy (non-hydrogen) atoms. The van der Waals surface area contributed by atoms with E-state index in [1.807, 2.05) is 31.2 Å². The molecule has 136 valence electrons. The van der Waals surface area contributed by atoms with Crippen LogP contribution in [0.25, 0.3) is 10.9 Å². The first-order chi connectivity index (χ1) is 12.5. The summed E-state index contributed by atoms with van der Waals surface area (Å²) in [6.45, 7) is 6.24. The number of anilines is 1. The fourth-order valence-corrected chi connectivity index (χ4v) is 3.16. The van der Waals surface area contributed by atoms with E-state index >= 15 is 0 Å². The summed E-state index contributed by atoms with van der Waals surface area (Å²) in [5.74, 6) is 1.37. The second-order valence-corrected chi connectivity index (χ2v) is 6.60. The number of fused-ring (bicyclic) bond motifs is 1. The van der Waals surface area contributed by atoms with Crippen molar-refractivity contribution in [1.82, 2.24) is 4.98 Å². The van der Waals surface area contributed by atoms with Gasteiger partial charge in [-0.25, -0.2) is 0 Å². The average molecular weight is 352 g/mol. The minimum absolute atomic E-state index is 0.153. The number of amides is 1. The molecule has 5 heteroatoms. The van der Waals surface area contributed by atoms with Gasteiger partial charge in [-0.05, 0) is 30.0 Å². The van der Waals surface area contributed by atoms with Gasteiger partial charge in [-0.3, -0.25) is 4.79 Å². The minimum atomic E-state index is -0.153. The van der Waals surface area contributed by atoms with E-state index in [1.54, 1.807) is 20.4 Å². The SMILES string of the molecule is COc1cc2[nH]cc(C(=O)Nc3c(C)cccc3C(C)C)c2cc1OC. The first-order valence-electron chi connectivity index (χ1n) is 8.60. The minimum Gasteiger partial charge on any atom is -0.493 e. The lowest BCUT2D eigenvalue weighted by Crippen LogP contribution is -2.14. The van der Waals surface area contributed by atoms with Crippen LogP contribution in [0.2, 0.25) is 0 Å². The number of aromatic nitrogens is 1. The molecule has 0 spiro atoms. The highest BCUT2D eigenvalue weighted by molar-refractivity contribution is 6.13. The Morgan fingerprint density at radius 1 is 1.12 bits per heavy atom. The molecule has 1 aromatic heterocycles. The van der Waals surface area contributed by atoms with E-state index in [0.29, 0.717) is 23.0 Å². The van der Waals surface area contributed by atoms with Gasteiger partial charge in [0.2, 0.25) is 0 Å². The number of methoxy groups -OCH3 is 2. The van der Waals surface area contributed by atoms with Crippen LogP contribution in [0.1, 0.15) is 41.3 Å². The van der Waals surface area contributed by atoms with Crippen LogP contribution in [0.15, 0.2) is 36.5 Å². The zero-order valence-electron chi connectivity index (χ0n) is 15.8. The van der Waals surface area contributed by atoms with Gasteiger partial charge in [-0.1, -0.05) is 32.0 Å². The number of para-hydroxylation sites is 1. The third-order valence-corrected chi connectivity index (χ3v) is 4.60. The lowest BCUT2D eigenvalue weighted by molar-refractivity contribution is 0.102. The van der Waals surface area contributed by atoms with Crippen LogP contribution < -0.4 is 14.8 Å². The van der Waals surface area contributed by atoms with E-state index in [9.17, 15) is 4.79 Å². The normalized spacial score (nSPS) is 11.0. The first kappa shape index (κ1) is 17.9. The smallest absolute Gasteiger partial charge is 0.257 e. The maximum absolute atomic E-state index is 13.0. The van der Waals surface area contributed by atoms with E-state index in [0.717, 1.165) is 27.7 Å². The van der Waals surface area contributed by atoms with Gasteiger partial charge in [0.1, 0.15) is 0 Å². The monoisotopic (exact) mass is 352 g/mol. The van der Waals surface area contributed by atoms with Gasteiger partial charge in [0, 0.05) is 23.3 Å². The molecule has 1 amide bonds. The second kappa shape index (κ2) is 7.12. The van der Waals surface area contributed by atoms with Crippen LogP contribution in [0.3, 0.4) is 0 Å². The van der Waals surface area contributed by atoms with Gasteiger partial charge < -0.3 is 19.8 Å². The summed E-state index contributed by atoms with van der Waals surface area (Å²) in [6.07, 6.45) is 1.71. The molecular weight excluding hydrogens is 328 g/mol. The molecule has 2 aromatic carbocycles. The number of carbonyl (C=O) groups excluding carboxylic acids is 1. The number of hydrogen-bond donors (Lipinski definition) is 2. The van der Waals surface area contributed by atoms with Gasteiger partial charge in [0.05, 0.1) is 25.3 Å². The van der Waals surface area contributed by atoms with Crippen molar-refractivity contribution in [2.24, 2.45) is 0 Å². The van der Waals surface area contributed by atoms with Crippen molar-refractivity contribution >= 4 is 22.5 Å². The lowest BCUT2D eigenvalue weighted by Gasteiger charge is -2.16. The fourth-order valence-electron chi connectivity index (χ4n) is 3.16. The first-order valence-corrected chi connectivity index (χ1v) is 8.60. The number of carbonyl (C=O) groups is 1. The molecular formula is C21H24N2O3. The van der Waals surface area contributed by atoms with Crippen LogP contribution in [-0.2, 0) is 0 Å². The quantitative estimate of drug-likeness (QED) is 0.688. The zero-order chi connectivity index (χ0) is 18.8. The summed E-state index contributed by atoms with van der Waals surface area (Å²) in [7, 11) is 3.17. The van der Waals surface area contributed by atoms with Crippen molar-refractivity contribution in [3.05, 3.63) is 53.2 Å². The van der Waals surface area contributed by atoms with Crippen LogP contribution in [-0.4, -0.2) is 25.1 Å². The average Bonchev–Trinajstić information content (AvgIpc) is 3.04. The zero-order valence-corrected chi connectivity index (χ0v) is 15.8. The Hall–Kier alpha value is -2.95. The topological polar surface area (TPSA) is 63.4 Å². The highest BCUT2D eigenvalue weighted by Gasteiger charge is 2.18. The number of hydrogen-bond acceptors (Lipinski definition) is 3. The van der Waals surface area contributed by atoms with Gasteiger partial charge in [-0.2, -0.15) is 0 Å². The molecule has 3 rings (SSSR count). The molecule has 1 heterocycles.